The molecule has 126 valence electrons. The van der Waals surface area contributed by atoms with Crippen LogP contribution in [0.1, 0.15) is 33.8 Å². The topological polar surface area (TPSA) is 79.4 Å². The molecule has 1 fully saturated rings. The molecule has 1 aliphatic heterocycles. The number of hydrogen-bond acceptors (Lipinski definition) is 5. The molecule has 24 heavy (non-hydrogen) atoms. The summed E-state index contributed by atoms with van der Waals surface area (Å²) >= 11 is 1.33. The van der Waals surface area contributed by atoms with Crippen molar-refractivity contribution in [3.05, 3.63) is 46.5 Å². The minimum Gasteiger partial charge on any atom is -0.333 e. The van der Waals surface area contributed by atoms with Gasteiger partial charge in [0.1, 0.15) is 0 Å². The maximum absolute atomic E-state index is 12.5. The maximum atomic E-state index is 12.5. The van der Waals surface area contributed by atoms with E-state index in [0.29, 0.717) is 30.2 Å². The number of benzene rings is 1. The second kappa shape index (κ2) is 5.86. The van der Waals surface area contributed by atoms with Crippen LogP contribution in [-0.4, -0.2) is 36.0 Å². The van der Waals surface area contributed by atoms with E-state index in [4.69, 9.17) is 0 Å². The molecule has 1 N–H and O–H groups in total. The minimum atomic E-state index is -3.30. The lowest BCUT2D eigenvalue weighted by atomic mass is 10.1. The van der Waals surface area contributed by atoms with Gasteiger partial charge in [-0.25, -0.2) is 13.4 Å². The fraction of sp³-hybridized carbons (Fsp3) is 0.375. The third-order valence-corrected chi connectivity index (χ3v) is 7.19. The van der Waals surface area contributed by atoms with Crippen LogP contribution in [0.5, 0.6) is 0 Å². The van der Waals surface area contributed by atoms with E-state index in [0.717, 1.165) is 23.4 Å². The molecule has 1 amide bonds. The van der Waals surface area contributed by atoms with Gasteiger partial charge in [0.25, 0.3) is 5.91 Å². The Labute approximate surface area is 144 Å². The SMILES string of the molecule is O=C(c1ccccc1)N1CCc2nc(NS(=O)(=O)C3CC3)sc2C1. The summed E-state index contributed by atoms with van der Waals surface area (Å²) in [5.74, 6) is -0.00485. The zero-order valence-corrected chi connectivity index (χ0v) is 14.6. The lowest BCUT2D eigenvalue weighted by Crippen LogP contribution is -2.35. The highest BCUT2D eigenvalue weighted by atomic mass is 32.2. The van der Waals surface area contributed by atoms with E-state index in [-0.39, 0.29) is 11.2 Å². The number of carbonyl (C=O) groups is 1. The van der Waals surface area contributed by atoms with E-state index in [9.17, 15) is 13.2 Å². The van der Waals surface area contributed by atoms with E-state index in [1.54, 1.807) is 17.0 Å². The average molecular weight is 363 g/mol. The monoisotopic (exact) mass is 363 g/mol. The van der Waals surface area contributed by atoms with Crippen molar-refractivity contribution in [1.29, 1.82) is 0 Å². The Hall–Kier alpha value is -1.93. The van der Waals surface area contributed by atoms with Crippen molar-refractivity contribution in [2.45, 2.75) is 31.1 Å². The number of hydrogen-bond donors (Lipinski definition) is 1. The van der Waals surface area contributed by atoms with Crippen LogP contribution >= 0.6 is 11.3 Å². The largest absolute Gasteiger partial charge is 0.333 e. The molecule has 2 aromatic rings. The molecule has 1 aliphatic carbocycles. The van der Waals surface area contributed by atoms with Crippen molar-refractivity contribution in [1.82, 2.24) is 9.88 Å². The van der Waals surface area contributed by atoms with Gasteiger partial charge in [0.15, 0.2) is 5.13 Å². The Balaban J connectivity index is 1.50. The zero-order chi connectivity index (χ0) is 16.7. The van der Waals surface area contributed by atoms with E-state index >= 15 is 0 Å². The quantitative estimate of drug-likeness (QED) is 0.903. The van der Waals surface area contributed by atoms with Crippen LogP contribution in [0.2, 0.25) is 0 Å². The number of nitrogens with one attached hydrogen (secondary N) is 1. The molecule has 1 saturated carbocycles. The summed E-state index contributed by atoms with van der Waals surface area (Å²) in [5, 5.41) is 0.149. The number of anilines is 1. The van der Waals surface area contributed by atoms with Gasteiger partial charge in [-0.3, -0.25) is 9.52 Å². The van der Waals surface area contributed by atoms with Crippen molar-refractivity contribution in [3.8, 4) is 0 Å². The van der Waals surface area contributed by atoms with Crippen molar-refractivity contribution in [2.24, 2.45) is 0 Å². The van der Waals surface area contributed by atoms with E-state index in [2.05, 4.69) is 9.71 Å². The highest BCUT2D eigenvalue weighted by Crippen LogP contribution is 2.33. The van der Waals surface area contributed by atoms with Gasteiger partial charge < -0.3 is 4.90 Å². The van der Waals surface area contributed by atoms with E-state index in [1.807, 2.05) is 18.2 Å². The molecule has 2 aliphatic rings. The van der Waals surface area contributed by atoms with Gasteiger partial charge in [0.2, 0.25) is 10.0 Å². The van der Waals surface area contributed by atoms with E-state index in [1.165, 1.54) is 11.3 Å². The normalized spacial score (nSPS) is 17.4. The maximum Gasteiger partial charge on any atom is 0.254 e. The summed E-state index contributed by atoms with van der Waals surface area (Å²) in [6.45, 7) is 1.07. The van der Waals surface area contributed by atoms with Crippen LogP contribution in [0.4, 0.5) is 5.13 Å². The summed E-state index contributed by atoms with van der Waals surface area (Å²) in [6.07, 6.45) is 2.09. The summed E-state index contributed by atoms with van der Waals surface area (Å²) in [6, 6.07) is 9.19. The van der Waals surface area contributed by atoms with Gasteiger partial charge >= 0.3 is 0 Å². The number of fused-ring (bicyclic) bond motifs is 1. The first-order valence-electron chi connectivity index (χ1n) is 7.87. The van der Waals surface area contributed by atoms with Crippen LogP contribution < -0.4 is 4.72 Å². The fourth-order valence-electron chi connectivity index (χ4n) is 2.76. The Morgan fingerprint density at radius 3 is 2.71 bits per heavy atom. The molecule has 8 heteroatoms. The molecule has 0 saturated heterocycles. The highest BCUT2D eigenvalue weighted by Gasteiger charge is 2.36. The molecule has 0 spiro atoms. The summed E-state index contributed by atoms with van der Waals surface area (Å²) < 4.78 is 26.6. The first-order chi connectivity index (χ1) is 11.5. The van der Waals surface area contributed by atoms with Crippen molar-refractivity contribution in [2.75, 3.05) is 11.3 Å². The Kier molecular flexibility index (Phi) is 3.80. The standard InChI is InChI=1S/C16H17N3O3S2/c20-15(11-4-2-1-3-5-11)19-9-8-13-14(10-19)23-16(17-13)18-24(21,22)12-6-7-12/h1-5,12H,6-10H2,(H,17,18). The Bertz CT molecular complexity index is 873. The Morgan fingerprint density at radius 1 is 1.25 bits per heavy atom. The highest BCUT2D eigenvalue weighted by molar-refractivity contribution is 7.93. The van der Waals surface area contributed by atoms with Crippen LogP contribution in [0.25, 0.3) is 0 Å². The molecule has 0 unspecified atom stereocenters. The summed E-state index contributed by atoms with van der Waals surface area (Å²) in [4.78, 5) is 19.7. The molecule has 0 bridgehead atoms. The number of aromatic nitrogens is 1. The Morgan fingerprint density at radius 2 is 2.00 bits per heavy atom. The third-order valence-electron chi connectivity index (χ3n) is 4.23. The fourth-order valence-corrected chi connectivity index (χ4v) is 5.36. The van der Waals surface area contributed by atoms with Gasteiger partial charge in [-0.05, 0) is 25.0 Å². The number of nitrogens with zero attached hydrogens (tertiary/aromatic N) is 2. The molecular weight excluding hydrogens is 346 g/mol. The average Bonchev–Trinajstić information content (AvgIpc) is 3.36. The number of thiazole rings is 1. The first kappa shape index (κ1) is 15.6. The molecule has 4 rings (SSSR count). The second-order valence-corrected chi connectivity index (χ2v) is 9.12. The van der Waals surface area contributed by atoms with Gasteiger partial charge in [0, 0.05) is 23.4 Å². The van der Waals surface area contributed by atoms with Crippen LogP contribution in [0, 0.1) is 0 Å². The van der Waals surface area contributed by atoms with Crippen LogP contribution in [0.3, 0.4) is 0 Å². The predicted octanol–water partition coefficient (Wildman–Crippen LogP) is 2.25. The van der Waals surface area contributed by atoms with Crippen molar-refractivity contribution < 1.29 is 13.2 Å². The molecule has 2 heterocycles. The summed E-state index contributed by atoms with van der Waals surface area (Å²) in [5.41, 5.74) is 1.56. The van der Waals surface area contributed by atoms with E-state index < -0.39 is 10.0 Å². The van der Waals surface area contributed by atoms with Crippen LogP contribution in [0.15, 0.2) is 30.3 Å². The second-order valence-electron chi connectivity index (χ2n) is 6.08. The number of sulfonamides is 1. The smallest absolute Gasteiger partial charge is 0.254 e. The molecule has 1 aromatic carbocycles. The zero-order valence-electron chi connectivity index (χ0n) is 12.9. The molecule has 0 atom stereocenters. The van der Waals surface area contributed by atoms with Gasteiger partial charge in [0.05, 0.1) is 17.5 Å². The molecule has 1 aromatic heterocycles. The molecular formula is C16H17N3O3S2. The molecule has 6 nitrogen and oxygen atoms in total. The summed E-state index contributed by atoms with van der Waals surface area (Å²) in [7, 11) is -3.30. The number of amides is 1. The van der Waals surface area contributed by atoms with Gasteiger partial charge in [-0.15, -0.1) is 0 Å². The lowest BCUT2D eigenvalue weighted by molar-refractivity contribution is 0.0736. The number of rotatable bonds is 4. The minimum absolute atomic E-state index is 0.00485. The third kappa shape index (κ3) is 3.03. The number of carbonyl (C=O) groups excluding carboxylic acids is 1. The predicted molar refractivity (Wildman–Crippen MR) is 92.6 cm³/mol. The van der Waals surface area contributed by atoms with Crippen molar-refractivity contribution in [3.63, 3.8) is 0 Å². The van der Waals surface area contributed by atoms with Gasteiger partial charge in [-0.1, -0.05) is 29.5 Å². The van der Waals surface area contributed by atoms with Crippen molar-refractivity contribution >= 4 is 32.4 Å². The first-order valence-corrected chi connectivity index (χ1v) is 10.2. The lowest BCUT2D eigenvalue weighted by Gasteiger charge is -2.26. The molecule has 0 radical (unpaired) electrons. The van der Waals surface area contributed by atoms with Crippen LogP contribution in [-0.2, 0) is 23.0 Å². The van der Waals surface area contributed by atoms with Gasteiger partial charge in [-0.2, -0.15) is 0 Å².